The largest absolute Gasteiger partial charge is 0.467 e. The van der Waals surface area contributed by atoms with Gasteiger partial charge in [0.1, 0.15) is 5.54 Å². The Bertz CT molecular complexity index is 397. The van der Waals surface area contributed by atoms with Crippen LogP contribution in [-0.2, 0) is 9.53 Å². The second kappa shape index (κ2) is 4.16. The van der Waals surface area contributed by atoms with Crippen LogP contribution < -0.4 is 5.32 Å². The lowest BCUT2D eigenvalue weighted by Crippen LogP contribution is -2.52. The third-order valence-electron chi connectivity index (χ3n) is 3.18. The normalized spacial score (nSPS) is 17.4. The lowest BCUT2D eigenvalue weighted by atomic mass is 9.76. The summed E-state index contributed by atoms with van der Waals surface area (Å²) in [6.45, 7) is 2.04. The topological polar surface area (TPSA) is 38.3 Å². The van der Waals surface area contributed by atoms with Crippen LogP contribution in [0.1, 0.15) is 24.8 Å². The Morgan fingerprint density at radius 3 is 2.69 bits per heavy atom. The highest BCUT2D eigenvalue weighted by atomic mass is 16.5. The van der Waals surface area contributed by atoms with Gasteiger partial charge in [0.2, 0.25) is 0 Å². The Kier molecular flexibility index (Phi) is 2.86. The fourth-order valence-corrected chi connectivity index (χ4v) is 2.10. The number of methoxy groups -OCH3 is 1. The molecule has 1 aromatic rings. The highest BCUT2D eigenvalue weighted by molar-refractivity contribution is 5.85. The summed E-state index contributed by atoms with van der Waals surface area (Å²) in [6.07, 6.45) is 2.79. The van der Waals surface area contributed by atoms with Crippen LogP contribution in [-0.4, -0.2) is 18.6 Å². The Morgan fingerprint density at radius 2 is 2.19 bits per heavy atom. The third-order valence-corrected chi connectivity index (χ3v) is 3.18. The summed E-state index contributed by atoms with van der Waals surface area (Å²) in [7, 11) is 1.44. The lowest BCUT2D eigenvalue weighted by Gasteiger charge is -2.40. The van der Waals surface area contributed by atoms with Crippen molar-refractivity contribution in [1.82, 2.24) is 0 Å². The highest BCUT2D eigenvalue weighted by Gasteiger charge is 2.45. The zero-order chi connectivity index (χ0) is 11.6. The van der Waals surface area contributed by atoms with Gasteiger partial charge in [-0.15, -0.1) is 0 Å². The molecule has 0 radical (unpaired) electrons. The van der Waals surface area contributed by atoms with Gasteiger partial charge < -0.3 is 10.1 Å². The molecule has 0 aliphatic heterocycles. The van der Waals surface area contributed by atoms with E-state index in [0.29, 0.717) is 0 Å². The molecule has 1 N–H and O–H groups in total. The second-order valence-corrected chi connectivity index (χ2v) is 4.42. The van der Waals surface area contributed by atoms with Crippen LogP contribution in [0.5, 0.6) is 0 Å². The summed E-state index contributed by atoms with van der Waals surface area (Å²) in [5.74, 6) is -0.153. The standard InChI is InChI=1S/C13H17NO2/c1-10-5-3-6-11(9-10)14-13(7-4-8-13)12(15)16-2/h3,5-6,9,14H,4,7-8H2,1-2H3. The SMILES string of the molecule is COC(=O)C1(Nc2cccc(C)c2)CCC1. The van der Waals surface area contributed by atoms with Crippen molar-refractivity contribution < 1.29 is 9.53 Å². The number of hydrogen-bond donors (Lipinski definition) is 1. The molecular formula is C13H17NO2. The van der Waals surface area contributed by atoms with E-state index in [4.69, 9.17) is 4.74 Å². The zero-order valence-corrected chi connectivity index (χ0v) is 9.75. The minimum Gasteiger partial charge on any atom is -0.467 e. The Balaban J connectivity index is 2.16. The number of ether oxygens (including phenoxy) is 1. The monoisotopic (exact) mass is 219 g/mol. The predicted octanol–water partition coefficient (Wildman–Crippen LogP) is 2.50. The molecule has 0 bridgehead atoms. The maximum Gasteiger partial charge on any atom is 0.331 e. The molecule has 0 spiro atoms. The van der Waals surface area contributed by atoms with E-state index in [1.54, 1.807) is 0 Å². The van der Waals surface area contributed by atoms with E-state index in [0.717, 1.165) is 24.9 Å². The molecule has 1 fully saturated rings. The molecule has 1 aliphatic rings. The summed E-state index contributed by atoms with van der Waals surface area (Å²) in [6, 6.07) is 8.05. The fraction of sp³-hybridized carbons (Fsp3) is 0.462. The molecule has 1 aromatic carbocycles. The first kappa shape index (κ1) is 11.0. The van der Waals surface area contributed by atoms with E-state index in [1.807, 2.05) is 31.2 Å². The molecule has 0 heterocycles. The number of nitrogens with one attached hydrogen (secondary N) is 1. The van der Waals surface area contributed by atoms with Gasteiger partial charge in [0, 0.05) is 5.69 Å². The van der Waals surface area contributed by atoms with E-state index < -0.39 is 5.54 Å². The van der Waals surface area contributed by atoms with Gasteiger partial charge in [-0.2, -0.15) is 0 Å². The first-order chi connectivity index (χ1) is 7.66. The number of aryl methyl sites for hydroxylation is 1. The molecular weight excluding hydrogens is 202 g/mol. The highest BCUT2D eigenvalue weighted by Crippen LogP contribution is 2.36. The molecule has 1 saturated carbocycles. The van der Waals surface area contributed by atoms with Crippen molar-refractivity contribution in [3.8, 4) is 0 Å². The Hall–Kier alpha value is -1.51. The van der Waals surface area contributed by atoms with Crippen molar-refractivity contribution in [2.75, 3.05) is 12.4 Å². The van der Waals surface area contributed by atoms with Gasteiger partial charge in [0.15, 0.2) is 0 Å². The van der Waals surface area contributed by atoms with E-state index in [2.05, 4.69) is 5.32 Å². The van der Waals surface area contributed by atoms with Crippen LogP contribution in [0.3, 0.4) is 0 Å². The Morgan fingerprint density at radius 1 is 1.44 bits per heavy atom. The van der Waals surface area contributed by atoms with E-state index in [9.17, 15) is 4.79 Å². The van der Waals surface area contributed by atoms with Crippen LogP contribution in [0.2, 0.25) is 0 Å². The van der Waals surface area contributed by atoms with Gasteiger partial charge in [0.05, 0.1) is 7.11 Å². The summed E-state index contributed by atoms with van der Waals surface area (Å²) in [5, 5.41) is 3.31. The van der Waals surface area contributed by atoms with Gasteiger partial charge in [0.25, 0.3) is 0 Å². The molecule has 0 amide bonds. The maximum atomic E-state index is 11.7. The zero-order valence-electron chi connectivity index (χ0n) is 9.75. The number of hydrogen-bond acceptors (Lipinski definition) is 3. The van der Waals surface area contributed by atoms with Crippen LogP contribution in [0.4, 0.5) is 5.69 Å². The molecule has 3 heteroatoms. The summed E-state index contributed by atoms with van der Waals surface area (Å²) in [4.78, 5) is 11.7. The fourth-order valence-electron chi connectivity index (χ4n) is 2.10. The quantitative estimate of drug-likeness (QED) is 0.794. The molecule has 3 nitrogen and oxygen atoms in total. The first-order valence-corrected chi connectivity index (χ1v) is 5.59. The van der Waals surface area contributed by atoms with E-state index in [-0.39, 0.29) is 5.97 Å². The van der Waals surface area contributed by atoms with Gasteiger partial charge in [-0.1, -0.05) is 12.1 Å². The van der Waals surface area contributed by atoms with Gasteiger partial charge in [-0.25, -0.2) is 4.79 Å². The number of benzene rings is 1. The van der Waals surface area contributed by atoms with E-state index in [1.165, 1.54) is 12.7 Å². The van der Waals surface area contributed by atoms with Crippen molar-refractivity contribution in [3.05, 3.63) is 29.8 Å². The molecule has 0 atom stereocenters. The van der Waals surface area contributed by atoms with Crippen LogP contribution in [0.25, 0.3) is 0 Å². The van der Waals surface area contributed by atoms with Crippen molar-refractivity contribution >= 4 is 11.7 Å². The molecule has 1 aliphatic carbocycles. The average molecular weight is 219 g/mol. The van der Waals surface area contributed by atoms with Crippen molar-refractivity contribution in [3.63, 3.8) is 0 Å². The number of carbonyl (C=O) groups excluding carboxylic acids is 1. The maximum absolute atomic E-state index is 11.7. The number of anilines is 1. The number of carbonyl (C=O) groups is 1. The molecule has 2 rings (SSSR count). The van der Waals surface area contributed by atoms with Gasteiger partial charge in [-0.05, 0) is 43.9 Å². The first-order valence-electron chi connectivity index (χ1n) is 5.59. The second-order valence-electron chi connectivity index (χ2n) is 4.42. The summed E-state index contributed by atoms with van der Waals surface area (Å²) in [5.41, 5.74) is 1.69. The molecule has 86 valence electrons. The van der Waals surface area contributed by atoms with Crippen molar-refractivity contribution in [2.24, 2.45) is 0 Å². The average Bonchev–Trinajstić information content (AvgIpc) is 2.22. The Labute approximate surface area is 95.8 Å². The van der Waals surface area contributed by atoms with E-state index >= 15 is 0 Å². The van der Waals surface area contributed by atoms with Crippen molar-refractivity contribution in [2.45, 2.75) is 31.7 Å². The minimum absolute atomic E-state index is 0.153. The number of esters is 1. The molecule has 0 unspecified atom stereocenters. The molecule has 0 saturated heterocycles. The third kappa shape index (κ3) is 1.90. The van der Waals surface area contributed by atoms with Crippen molar-refractivity contribution in [1.29, 1.82) is 0 Å². The van der Waals surface area contributed by atoms with Crippen LogP contribution >= 0.6 is 0 Å². The smallest absolute Gasteiger partial charge is 0.331 e. The minimum atomic E-state index is -0.484. The molecule has 16 heavy (non-hydrogen) atoms. The summed E-state index contributed by atoms with van der Waals surface area (Å²) < 4.78 is 4.86. The van der Waals surface area contributed by atoms with Crippen LogP contribution in [0.15, 0.2) is 24.3 Å². The van der Waals surface area contributed by atoms with Crippen LogP contribution in [0, 0.1) is 6.92 Å². The summed E-state index contributed by atoms with van der Waals surface area (Å²) >= 11 is 0. The molecule has 0 aromatic heterocycles. The number of rotatable bonds is 3. The van der Waals surface area contributed by atoms with Gasteiger partial charge in [-0.3, -0.25) is 0 Å². The lowest BCUT2D eigenvalue weighted by molar-refractivity contribution is -0.149. The predicted molar refractivity (Wildman–Crippen MR) is 63.4 cm³/mol. The van der Waals surface area contributed by atoms with Gasteiger partial charge >= 0.3 is 5.97 Å².